The first kappa shape index (κ1) is 15.6. The predicted octanol–water partition coefficient (Wildman–Crippen LogP) is 2.36. The normalized spacial score (nSPS) is 21.4. The summed E-state index contributed by atoms with van der Waals surface area (Å²) in [5, 5.41) is 9.88. The summed E-state index contributed by atoms with van der Waals surface area (Å²) in [5.74, 6) is -0.617. The number of benzene rings is 1. The maximum absolute atomic E-state index is 12.5. The van der Waals surface area contributed by atoms with E-state index >= 15 is 0 Å². The molecule has 114 valence electrons. The maximum Gasteiger partial charge on any atom is 0.329 e. The van der Waals surface area contributed by atoms with E-state index in [2.05, 4.69) is 0 Å². The maximum atomic E-state index is 12.5. The van der Waals surface area contributed by atoms with E-state index in [4.69, 9.17) is 16.3 Å². The van der Waals surface area contributed by atoms with Crippen molar-refractivity contribution in [3.8, 4) is 5.75 Å². The number of carboxylic acids is 1. The number of ether oxygens (including phenoxy) is 1. The second-order valence-electron chi connectivity index (χ2n) is 5.36. The third-order valence-corrected chi connectivity index (χ3v) is 4.22. The van der Waals surface area contributed by atoms with E-state index in [1.54, 1.807) is 25.1 Å². The number of aliphatic carboxylic acids is 1. The summed E-state index contributed by atoms with van der Waals surface area (Å²) in [5.41, 5.74) is -0.460. The van der Waals surface area contributed by atoms with Crippen molar-refractivity contribution in [2.75, 3.05) is 13.7 Å². The lowest BCUT2D eigenvalue weighted by atomic mass is 9.98. The number of carbonyl (C=O) groups is 2. The first-order valence-electron chi connectivity index (χ1n) is 6.75. The Morgan fingerprint density at radius 1 is 1.48 bits per heavy atom. The van der Waals surface area contributed by atoms with Gasteiger partial charge in [0.1, 0.15) is 11.3 Å². The average Bonchev–Trinajstić information content (AvgIpc) is 2.82. The first-order valence-corrected chi connectivity index (χ1v) is 7.12. The van der Waals surface area contributed by atoms with E-state index in [1.807, 2.05) is 0 Å². The van der Waals surface area contributed by atoms with Crippen LogP contribution >= 0.6 is 11.6 Å². The van der Waals surface area contributed by atoms with E-state index in [1.165, 1.54) is 12.0 Å². The minimum Gasteiger partial charge on any atom is -0.496 e. The van der Waals surface area contributed by atoms with Crippen LogP contribution in [0.25, 0.3) is 0 Å². The van der Waals surface area contributed by atoms with Crippen molar-refractivity contribution in [2.45, 2.75) is 31.7 Å². The number of methoxy groups -OCH3 is 1. The van der Waals surface area contributed by atoms with Crippen molar-refractivity contribution in [3.63, 3.8) is 0 Å². The highest BCUT2D eigenvalue weighted by molar-refractivity contribution is 6.30. The Kier molecular flexibility index (Phi) is 4.42. The molecule has 1 fully saturated rings. The summed E-state index contributed by atoms with van der Waals surface area (Å²) in [6, 6.07) is 5.06. The van der Waals surface area contributed by atoms with Crippen LogP contribution in [0.15, 0.2) is 18.2 Å². The molecule has 5 nitrogen and oxygen atoms in total. The van der Waals surface area contributed by atoms with Crippen molar-refractivity contribution in [1.82, 2.24) is 4.90 Å². The lowest BCUT2D eigenvalue weighted by Gasteiger charge is -2.31. The van der Waals surface area contributed by atoms with E-state index in [0.717, 1.165) is 0 Å². The van der Waals surface area contributed by atoms with Gasteiger partial charge in [0.05, 0.1) is 13.5 Å². The van der Waals surface area contributed by atoms with Gasteiger partial charge in [0.15, 0.2) is 0 Å². The summed E-state index contributed by atoms with van der Waals surface area (Å²) in [7, 11) is 1.52. The number of hydrogen-bond acceptors (Lipinski definition) is 3. The molecule has 0 aliphatic carbocycles. The highest BCUT2D eigenvalue weighted by Crippen LogP contribution is 2.31. The molecule has 1 N–H and O–H groups in total. The third kappa shape index (κ3) is 2.97. The van der Waals surface area contributed by atoms with Crippen LogP contribution in [0, 0.1) is 0 Å². The largest absolute Gasteiger partial charge is 0.496 e. The fraction of sp³-hybridized carbons (Fsp3) is 0.467. The molecule has 1 amide bonds. The van der Waals surface area contributed by atoms with Gasteiger partial charge in [0.25, 0.3) is 0 Å². The van der Waals surface area contributed by atoms with Crippen LogP contribution in [0.1, 0.15) is 25.3 Å². The fourth-order valence-corrected chi connectivity index (χ4v) is 2.92. The van der Waals surface area contributed by atoms with Gasteiger partial charge in [-0.15, -0.1) is 0 Å². The van der Waals surface area contributed by atoms with Crippen LogP contribution in [0.4, 0.5) is 0 Å². The molecule has 1 heterocycles. The van der Waals surface area contributed by atoms with Gasteiger partial charge in [-0.25, -0.2) is 4.79 Å². The van der Waals surface area contributed by atoms with E-state index in [9.17, 15) is 14.7 Å². The topological polar surface area (TPSA) is 66.8 Å². The smallest absolute Gasteiger partial charge is 0.329 e. The van der Waals surface area contributed by atoms with Gasteiger partial charge in [-0.05, 0) is 38.0 Å². The van der Waals surface area contributed by atoms with Crippen LogP contribution in [0.5, 0.6) is 5.75 Å². The molecular formula is C15H18ClNO4. The molecule has 21 heavy (non-hydrogen) atoms. The lowest BCUT2D eigenvalue weighted by Crippen LogP contribution is -2.51. The Morgan fingerprint density at radius 2 is 2.19 bits per heavy atom. The molecule has 0 bridgehead atoms. The summed E-state index contributed by atoms with van der Waals surface area (Å²) >= 11 is 5.95. The zero-order valence-electron chi connectivity index (χ0n) is 12.1. The molecule has 6 heteroatoms. The van der Waals surface area contributed by atoms with Gasteiger partial charge in [0.2, 0.25) is 5.91 Å². The van der Waals surface area contributed by atoms with Crippen LogP contribution in [0.3, 0.4) is 0 Å². The van der Waals surface area contributed by atoms with Crippen LogP contribution in [-0.4, -0.2) is 41.1 Å². The Morgan fingerprint density at radius 3 is 2.81 bits per heavy atom. The van der Waals surface area contributed by atoms with Crippen molar-refractivity contribution in [2.24, 2.45) is 0 Å². The van der Waals surface area contributed by atoms with Crippen LogP contribution in [-0.2, 0) is 16.0 Å². The number of hydrogen-bond donors (Lipinski definition) is 1. The lowest BCUT2D eigenvalue weighted by molar-refractivity contribution is -0.155. The number of carbonyl (C=O) groups excluding carboxylic acids is 1. The van der Waals surface area contributed by atoms with Crippen molar-refractivity contribution in [3.05, 3.63) is 28.8 Å². The second kappa shape index (κ2) is 5.93. The predicted molar refractivity (Wildman–Crippen MR) is 78.7 cm³/mol. The molecule has 0 saturated carbocycles. The Labute approximate surface area is 128 Å². The molecule has 0 spiro atoms. The Bertz CT molecular complexity index is 575. The van der Waals surface area contributed by atoms with Crippen molar-refractivity contribution >= 4 is 23.5 Å². The van der Waals surface area contributed by atoms with E-state index in [-0.39, 0.29) is 12.3 Å². The number of carboxylic acid groups (broad SMARTS) is 1. The number of rotatable bonds is 4. The molecule has 1 aromatic carbocycles. The molecule has 1 atom stereocenters. The minimum absolute atomic E-state index is 0.0760. The molecule has 0 aromatic heterocycles. The number of amides is 1. The summed E-state index contributed by atoms with van der Waals surface area (Å²) < 4.78 is 5.22. The molecule has 0 radical (unpaired) electrons. The minimum atomic E-state index is -1.12. The molecule has 1 aromatic rings. The molecule has 1 aliphatic rings. The quantitative estimate of drug-likeness (QED) is 0.927. The van der Waals surface area contributed by atoms with Gasteiger partial charge < -0.3 is 14.7 Å². The highest BCUT2D eigenvalue weighted by Gasteiger charge is 2.45. The number of nitrogens with zero attached hydrogens (tertiary/aromatic N) is 1. The molecular weight excluding hydrogens is 294 g/mol. The van der Waals surface area contributed by atoms with Crippen LogP contribution in [0.2, 0.25) is 5.02 Å². The number of likely N-dealkylation sites (tertiary alicyclic amines) is 1. The van der Waals surface area contributed by atoms with Gasteiger partial charge in [-0.1, -0.05) is 11.6 Å². The van der Waals surface area contributed by atoms with E-state index in [0.29, 0.717) is 35.7 Å². The highest BCUT2D eigenvalue weighted by atomic mass is 35.5. The Hall–Kier alpha value is -1.75. The Balaban J connectivity index is 2.22. The average molecular weight is 312 g/mol. The van der Waals surface area contributed by atoms with Gasteiger partial charge in [0, 0.05) is 17.1 Å². The van der Waals surface area contributed by atoms with Gasteiger partial charge >= 0.3 is 5.97 Å². The third-order valence-electron chi connectivity index (χ3n) is 3.99. The summed E-state index contributed by atoms with van der Waals surface area (Å²) in [6.07, 6.45) is 1.24. The zero-order valence-corrected chi connectivity index (χ0v) is 12.8. The van der Waals surface area contributed by atoms with Gasteiger partial charge in [-0.3, -0.25) is 4.79 Å². The van der Waals surface area contributed by atoms with Crippen molar-refractivity contribution in [1.29, 1.82) is 0 Å². The van der Waals surface area contributed by atoms with E-state index < -0.39 is 11.5 Å². The van der Waals surface area contributed by atoms with Crippen molar-refractivity contribution < 1.29 is 19.4 Å². The standard InChI is InChI=1S/C15H18ClNO4/c1-15(14(19)20)6-3-7-17(15)13(18)9-10-8-11(16)4-5-12(10)21-2/h4-5,8H,3,6-7,9H2,1-2H3,(H,19,20). The summed E-state index contributed by atoms with van der Waals surface area (Å²) in [6.45, 7) is 2.06. The molecule has 1 unspecified atom stereocenters. The zero-order chi connectivity index (χ0) is 15.6. The molecule has 2 rings (SSSR count). The molecule has 1 saturated heterocycles. The second-order valence-corrected chi connectivity index (χ2v) is 5.80. The fourth-order valence-electron chi connectivity index (χ4n) is 2.73. The molecule has 1 aliphatic heterocycles. The summed E-state index contributed by atoms with van der Waals surface area (Å²) in [4.78, 5) is 25.3. The number of halogens is 1. The SMILES string of the molecule is COc1ccc(Cl)cc1CC(=O)N1CCCC1(C)C(=O)O. The van der Waals surface area contributed by atoms with Gasteiger partial charge in [-0.2, -0.15) is 0 Å². The first-order chi connectivity index (χ1) is 9.88. The monoisotopic (exact) mass is 311 g/mol. The van der Waals surface area contributed by atoms with Crippen LogP contribution < -0.4 is 4.74 Å².